The van der Waals surface area contributed by atoms with Gasteiger partial charge in [0, 0.05) is 5.24 Å². The molecule has 8 heteroatoms. The average Bonchev–Trinajstić information content (AvgIpc) is 2.16. The lowest BCUT2D eigenvalue weighted by atomic mass is 9.25. The van der Waals surface area contributed by atoms with Crippen molar-refractivity contribution in [3.8, 4) is 36.7 Å². The smallest absolute Gasteiger partial charge is 0.340 e. The summed E-state index contributed by atoms with van der Waals surface area (Å²) in [7, 11) is 0.186. The van der Waals surface area contributed by atoms with Crippen LogP contribution in [0, 0.1) is 36.7 Å². The number of amides is 2. The molecule has 2 amide bonds. The van der Waals surface area contributed by atoms with Crippen molar-refractivity contribution in [1.82, 2.24) is 5.32 Å². The maximum absolute atomic E-state index is 11.5. The summed E-state index contributed by atoms with van der Waals surface area (Å²) in [6, 6.07) is 0. The molecule has 0 atom stereocenters. The Labute approximate surface area is 104 Å². The lowest BCUT2D eigenvalue weighted by Gasteiger charge is -2.27. The molecule has 3 N–H and O–H groups in total. The van der Waals surface area contributed by atoms with Crippen LogP contribution in [0.2, 0.25) is 0 Å². The fourth-order valence-corrected chi connectivity index (χ4v) is 1.40. The summed E-state index contributed by atoms with van der Waals surface area (Å²) < 4.78 is 0. The molecular weight excluding hydrogens is 211 g/mol. The lowest BCUT2D eigenvalue weighted by Crippen LogP contribution is -2.62. The van der Waals surface area contributed by atoms with Gasteiger partial charge in [0.25, 0.3) is 0 Å². The molecule has 0 bridgehead atoms. The van der Waals surface area contributed by atoms with Crippen molar-refractivity contribution in [1.29, 1.82) is 0 Å². The molecule has 0 aliphatic heterocycles. The Bertz CT molecular complexity index is 389. The van der Waals surface area contributed by atoms with Gasteiger partial charge in [-0.25, -0.2) is 0 Å². The van der Waals surface area contributed by atoms with E-state index in [4.69, 9.17) is 25.0 Å². The number of hydrogen-bond acceptors (Lipinski definition) is 2. The highest BCUT2D eigenvalue weighted by Crippen LogP contribution is 1.98. The van der Waals surface area contributed by atoms with E-state index in [0.717, 1.165) is 0 Å². The monoisotopic (exact) mass is 222 g/mol. The summed E-state index contributed by atoms with van der Waals surface area (Å²) >= 11 is 0. The predicted octanol–water partition coefficient (Wildman–Crippen LogP) is -3.10. The van der Waals surface area contributed by atoms with Crippen LogP contribution in [0.1, 0.15) is 0 Å². The van der Waals surface area contributed by atoms with Gasteiger partial charge >= 0.3 is 7.28 Å². The zero-order chi connectivity index (χ0) is 13.3. The van der Waals surface area contributed by atoms with Crippen molar-refractivity contribution in [2.75, 3.05) is 0 Å². The molecule has 0 fully saturated rings. The number of nitrogens with one attached hydrogen (secondary N) is 1. The van der Waals surface area contributed by atoms with Crippen molar-refractivity contribution in [2.24, 2.45) is 5.73 Å². The first-order chi connectivity index (χ1) is 7.99. The van der Waals surface area contributed by atoms with E-state index < -0.39 is 24.1 Å². The van der Waals surface area contributed by atoms with Gasteiger partial charge in [-0.1, -0.05) is 0 Å². The Kier molecular flexibility index (Phi) is 6.30. The molecule has 0 radical (unpaired) electrons. The SMILES string of the molecule is C#CBC(BC#C)(BC#C)NC(=O)BC(N)=O. The van der Waals surface area contributed by atoms with E-state index in [0.29, 0.717) is 0 Å². The van der Waals surface area contributed by atoms with E-state index in [1.54, 1.807) is 0 Å². The fourth-order valence-electron chi connectivity index (χ4n) is 1.40. The summed E-state index contributed by atoms with van der Waals surface area (Å²) in [5.74, 6) is 5.99. The fraction of sp³-hybridized carbons (Fsp3) is 0.111. The van der Waals surface area contributed by atoms with E-state index in [1.165, 1.54) is 0 Å². The average molecular weight is 221 g/mol. The van der Waals surface area contributed by atoms with Crippen LogP contribution < -0.4 is 11.1 Å². The van der Waals surface area contributed by atoms with Gasteiger partial charge in [-0.15, -0.1) is 19.3 Å². The van der Waals surface area contributed by atoms with Crippen molar-refractivity contribution >= 4 is 40.7 Å². The summed E-state index contributed by atoms with van der Waals surface area (Å²) in [6.45, 7) is 0. The highest BCUT2D eigenvalue weighted by atomic mass is 16.2. The molecule has 0 aliphatic carbocycles. The quantitative estimate of drug-likeness (QED) is 0.368. The van der Waals surface area contributed by atoms with Gasteiger partial charge in [0.2, 0.25) is 21.8 Å². The zero-order valence-electron chi connectivity index (χ0n) is 9.45. The van der Waals surface area contributed by atoms with Gasteiger partial charge in [0.15, 0.2) is 11.6 Å². The first-order valence-electron chi connectivity index (χ1n) is 4.89. The molecule has 0 aromatic rings. The largest absolute Gasteiger partial charge is 0.378 e. The van der Waals surface area contributed by atoms with Crippen molar-refractivity contribution in [3.05, 3.63) is 0 Å². The Morgan fingerprint density at radius 1 is 1.06 bits per heavy atom. The van der Waals surface area contributed by atoms with Gasteiger partial charge < -0.3 is 11.1 Å². The molecule has 0 saturated heterocycles. The number of carbonyl (C=O) groups is 2. The molecule has 0 spiro atoms. The van der Waals surface area contributed by atoms with Gasteiger partial charge in [0.1, 0.15) is 0 Å². The van der Waals surface area contributed by atoms with Crippen LogP contribution in [0.3, 0.4) is 0 Å². The number of nitrogens with two attached hydrogens (primary N) is 1. The standard InChI is InChI=1S/C9H10B4N2O2/c1-4-10-9(11-5-2,12-6-3)15-8(17)13-7(14)16/h1-3,10-13H,(H2,14,16)(H,15,17). The Morgan fingerprint density at radius 2 is 1.47 bits per heavy atom. The Balaban J connectivity index is 4.86. The zero-order valence-corrected chi connectivity index (χ0v) is 9.45. The minimum atomic E-state index is -0.856. The third-order valence-electron chi connectivity index (χ3n) is 2.06. The molecular formula is C9H10B4N2O2. The van der Waals surface area contributed by atoms with E-state index in [1.807, 2.05) is 0 Å². The third-order valence-corrected chi connectivity index (χ3v) is 2.06. The highest BCUT2D eigenvalue weighted by molar-refractivity contribution is 6.98. The van der Waals surface area contributed by atoms with Crippen molar-refractivity contribution in [3.63, 3.8) is 0 Å². The molecule has 0 aliphatic rings. The molecule has 17 heavy (non-hydrogen) atoms. The van der Waals surface area contributed by atoms with Crippen LogP contribution in [0.4, 0.5) is 9.59 Å². The topological polar surface area (TPSA) is 72.2 Å². The van der Waals surface area contributed by atoms with Crippen LogP contribution >= 0.6 is 0 Å². The molecule has 4 nitrogen and oxygen atoms in total. The van der Waals surface area contributed by atoms with Gasteiger partial charge in [-0.05, 0) is 0 Å². The number of terminal acetylenes is 3. The van der Waals surface area contributed by atoms with Gasteiger partial charge in [0.05, 0.1) is 0 Å². The van der Waals surface area contributed by atoms with Crippen LogP contribution in [0.15, 0.2) is 0 Å². The first kappa shape index (κ1) is 14.9. The van der Waals surface area contributed by atoms with E-state index >= 15 is 0 Å². The predicted molar refractivity (Wildman–Crippen MR) is 75.9 cm³/mol. The number of primary amides is 1. The number of hydrogen-bond donors (Lipinski definition) is 2. The Hall–Kier alpha value is -2.12. The summed E-state index contributed by atoms with van der Waals surface area (Å²) in [5.41, 5.74) is 4.91. The first-order valence-corrected chi connectivity index (χ1v) is 4.89. The van der Waals surface area contributed by atoms with Crippen molar-refractivity contribution in [2.45, 2.75) is 5.24 Å². The molecule has 0 aromatic carbocycles. The van der Waals surface area contributed by atoms with Crippen LogP contribution in [0.5, 0.6) is 0 Å². The Morgan fingerprint density at radius 3 is 1.76 bits per heavy atom. The molecule has 80 valence electrons. The summed E-state index contributed by atoms with van der Waals surface area (Å²) in [4.78, 5) is 22.1. The molecule has 0 unspecified atom stereocenters. The number of carbonyl (C=O) groups excluding carboxylic acids is 2. The van der Waals surface area contributed by atoms with E-state index in [2.05, 4.69) is 22.8 Å². The van der Waals surface area contributed by atoms with E-state index in [-0.39, 0.29) is 21.8 Å². The number of rotatable bonds is 6. The van der Waals surface area contributed by atoms with E-state index in [9.17, 15) is 9.59 Å². The minimum absolute atomic E-state index is 0.200. The highest BCUT2D eigenvalue weighted by Gasteiger charge is 2.33. The maximum Gasteiger partial charge on any atom is 0.340 e. The second-order valence-corrected chi connectivity index (χ2v) is 3.61. The normalized spacial score (nSPS) is 8.53. The summed E-state index contributed by atoms with van der Waals surface area (Å²) in [5, 5.41) is 1.74. The summed E-state index contributed by atoms with van der Waals surface area (Å²) in [6.07, 6.45) is 15.7. The van der Waals surface area contributed by atoms with Crippen LogP contribution in [-0.4, -0.2) is 46.0 Å². The van der Waals surface area contributed by atoms with Crippen LogP contribution in [-0.2, 0) is 0 Å². The lowest BCUT2D eigenvalue weighted by molar-refractivity contribution is 0.257. The molecule has 0 heterocycles. The van der Waals surface area contributed by atoms with Gasteiger partial charge in [-0.2, -0.15) is 17.5 Å². The minimum Gasteiger partial charge on any atom is -0.378 e. The maximum atomic E-state index is 11.5. The van der Waals surface area contributed by atoms with Crippen molar-refractivity contribution < 1.29 is 9.59 Å². The second-order valence-electron chi connectivity index (χ2n) is 3.61. The van der Waals surface area contributed by atoms with Gasteiger partial charge in [-0.3, -0.25) is 9.59 Å². The molecule has 0 saturated carbocycles. The molecule has 0 aromatic heterocycles. The third kappa shape index (κ3) is 5.50. The van der Waals surface area contributed by atoms with Crippen LogP contribution in [0.25, 0.3) is 0 Å². The molecule has 0 rings (SSSR count). The second kappa shape index (κ2) is 7.20.